The van der Waals surface area contributed by atoms with E-state index in [0.29, 0.717) is 0 Å². The summed E-state index contributed by atoms with van der Waals surface area (Å²) in [6.45, 7) is -0.0147. The second-order valence-electron chi connectivity index (χ2n) is 23.4. The van der Waals surface area contributed by atoms with Gasteiger partial charge in [-0.3, -0.25) is 0 Å². The molecule has 396 valence electrons. The van der Waals surface area contributed by atoms with E-state index in [9.17, 15) is 0 Å². The fourth-order valence-electron chi connectivity index (χ4n) is 15.1. The topological polar surface area (TPSA) is 3.24 Å². The molecule has 0 amide bonds. The van der Waals surface area contributed by atoms with Crippen molar-refractivity contribution in [3.8, 4) is 44.5 Å². The van der Waals surface area contributed by atoms with Crippen LogP contribution < -0.4 is 21.3 Å². The van der Waals surface area contributed by atoms with Gasteiger partial charge in [-0.05, 0) is 185 Å². The van der Waals surface area contributed by atoms with Gasteiger partial charge in [-0.2, -0.15) is 0 Å². The predicted octanol–water partition coefficient (Wildman–Crippen LogP) is 21.4. The van der Waals surface area contributed by atoms with Crippen LogP contribution >= 0.6 is 23.5 Å². The average molecular weight is 1120 g/mol. The molecular weight excluding hydrogens is 1070 g/mol. The molecule has 86 heavy (non-hydrogen) atoms. The van der Waals surface area contributed by atoms with Crippen LogP contribution in [0.5, 0.6) is 0 Å². The van der Waals surface area contributed by atoms with Crippen molar-refractivity contribution in [2.24, 2.45) is 0 Å². The third-order valence-electron chi connectivity index (χ3n) is 18.9. The van der Waals surface area contributed by atoms with Crippen LogP contribution in [-0.2, 0) is 0 Å². The molecule has 0 radical (unpaired) electrons. The molecule has 0 saturated carbocycles. The Hall–Kier alpha value is -10.1. The molecule has 17 aromatic rings. The first-order valence-electron chi connectivity index (χ1n) is 29.7. The number of benzene rings is 17. The summed E-state index contributed by atoms with van der Waals surface area (Å²) in [5, 5.41) is 21.0. The van der Waals surface area contributed by atoms with E-state index in [4.69, 9.17) is 0 Å². The zero-order valence-corrected chi connectivity index (χ0v) is 48.2. The molecule has 2 heterocycles. The molecule has 0 unspecified atom stereocenters. The van der Waals surface area contributed by atoms with Crippen molar-refractivity contribution in [2.75, 3.05) is 4.90 Å². The SMILES string of the molecule is c1ccc(-c2ccc(N(c3ccc(-c4ccccc4)cc3)c3cc4c5c(c3)Sc3ccc(-c6ccc7c8cccc9cccc(c%10cccc6c%107)c98)cc3B5c3cc(-c5ccc6c7cccc8cccc(c9cccc5c96)c87)ccc3S4)cc2)cc1. The van der Waals surface area contributed by atoms with E-state index in [1.165, 1.54) is 167 Å². The fraction of sp³-hybridized carbons (Fsp3) is 0. The van der Waals surface area contributed by atoms with Crippen molar-refractivity contribution in [3.05, 3.63) is 291 Å². The van der Waals surface area contributed by atoms with Crippen molar-refractivity contribution < 1.29 is 0 Å². The second-order valence-corrected chi connectivity index (χ2v) is 25.5. The first-order valence-corrected chi connectivity index (χ1v) is 31.4. The van der Waals surface area contributed by atoms with Gasteiger partial charge in [-0.15, -0.1) is 0 Å². The molecule has 0 N–H and O–H groups in total. The van der Waals surface area contributed by atoms with Gasteiger partial charge >= 0.3 is 0 Å². The van der Waals surface area contributed by atoms with Crippen molar-refractivity contribution in [2.45, 2.75) is 19.6 Å². The fourth-order valence-corrected chi connectivity index (χ4v) is 17.5. The monoisotopic (exact) mass is 1120 g/mol. The summed E-state index contributed by atoms with van der Waals surface area (Å²) in [6.07, 6.45) is 0. The summed E-state index contributed by atoms with van der Waals surface area (Å²) < 4.78 is 0. The average Bonchev–Trinajstić information content (AvgIpc) is 0.796. The third kappa shape index (κ3) is 7.18. The summed E-state index contributed by atoms with van der Waals surface area (Å²) in [5.41, 5.74) is 17.3. The summed E-state index contributed by atoms with van der Waals surface area (Å²) in [5.74, 6) is 0. The van der Waals surface area contributed by atoms with Crippen LogP contribution in [0, 0.1) is 0 Å². The van der Waals surface area contributed by atoms with Crippen molar-refractivity contribution in [1.29, 1.82) is 0 Å². The largest absolute Gasteiger partial charge is 0.310 e. The first-order chi connectivity index (χ1) is 42.6. The molecule has 1 nitrogen and oxygen atoms in total. The zero-order chi connectivity index (χ0) is 56.1. The Labute approximate surface area is 506 Å². The van der Waals surface area contributed by atoms with E-state index in [2.05, 4.69) is 296 Å². The highest BCUT2D eigenvalue weighted by Crippen LogP contribution is 2.49. The molecular formula is C82H48BNS2. The number of fused-ring (bicyclic) bond motifs is 8. The summed E-state index contributed by atoms with van der Waals surface area (Å²) >= 11 is 3.85. The van der Waals surface area contributed by atoms with E-state index in [1.807, 2.05) is 23.5 Å². The summed E-state index contributed by atoms with van der Waals surface area (Å²) in [7, 11) is 0. The predicted molar refractivity (Wildman–Crippen MR) is 371 cm³/mol. The van der Waals surface area contributed by atoms with E-state index in [-0.39, 0.29) is 6.71 Å². The Balaban J connectivity index is 0.809. The van der Waals surface area contributed by atoms with E-state index in [1.54, 1.807) is 0 Å². The highest BCUT2D eigenvalue weighted by Gasteiger charge is 2.40. The Morgan fingerprint density at radius 3 is 1.00 bits per heavy atom. The van der Waals surface area contributed by atoms with Gasteiger partial charge in [0.15, 0.2) is 0 Å². The highest BCUT2D eigenvalue weighted by molar-refractivity contribution is 8.01. The van der Waals surface area contributed by atoms with Gasteiger partial charge in [0.1, 0.15) is 0 Å². The highest BCUT2D eigenvalue weighted by atomic mass is 32.2. The maximum absolute atomic E-state index is 2.55. The van der Waals surface area contributed by atoms with Gasteiger partial charge in [0.2, 0.25) is 6.71 Å². The minimum absolute atomic E-state index is 0.0147. The van der Waals surface area contributed by atoms with Crippen molar-refractivity contribution in [1.82, 2.24) is 0 Å². The van der Waals surface area contributed by atoms with Crippen molar-refractivity contribution in [3.63, 3.8) is 0 Å². The van der Waals surface area contributed by atoms with Crippen LogP contribution in [0.25, 0.3) is 131 Å². The quantitative estimate of drug-likeness (QED) is 0.0890. The Kier molecular flexibility index (Phi) is 10.5. The van der Waals surface area contributed by atoms with Crippen LogP contribution in [0.3, 0.4) is 0 Å². The van der Waals surface area contributed by atoms with Crippen LogP contribution in [0.2, 0.25) is 0 Å². The van der Waals surface area contributed by atoms with E-state index >= 15 is 0 Å². The second kappa shape index (κ2) is 18.7. The number of rotatable bonds is 7. The molecule has 2 aliphatic heterocycles. The third-order valence-corrected chi connectivity index (χ3v) is 21.2. The molecule has 2 aliphatic rings. The van der Waals surface area contributed by atoms with Crippen LogP contribution in [0.1, 0.15) is 0 Å². The van der Waals surface area contributed by atoms with Crippen LogP contribution in [0.15, 0.2) is 311 Å². The smallest absolute Gasteiger partial charge is 0.247 e. The maximum atomic E-state index is 2.55. The zero-order valence-electron chi connectivity index (χ0n) is 46.6. The first kappa shape index (κ1) is 48.3. The number of anilines is 3. The molecule has 0 aliphatic carbocycles. The standard InChI is InChI=1S/C82H48BNS2/c1-3-13-49(14-4-1)51-29-35-57(36-30-51)84(58-37-31-52(32-38-58)50-15-5-2-6-16-50)59-47-76-82-77(48-59)86-75-44-34-56(61-40-42-71-67-24-10-20-54-18-8-22-65(79(54)67)69-28-12-26-63(61)81(69)71)46-73(75)83(82)72-45-55(33-43-74(72)85-76)60-39-41-70-66-23-9-19-53-17-7-21-64(78(53)66)68-27-11-25-62(60)80(68)70/h1-48H. The summed E-state index contributed by atoms with van der Waals surface area (Å²) in [6, 6.07) is 110. The van der Waals surface area contributed by atoms with Crippen LogP contribution in [-0.4, -0.2) is 6.71 Å². The lowest BCUT2D eigenvalue weighted by molar-refractivity contribution is 1.23. The number of nitrogens with zero attached hydrogens (tertiary/aromatic N) is 1. The Morgan fingerprint density at radius 2 is 0.581 bits per heavy atom. The Morgan fingerprint density at radius 1 is 0.233 bits per heavy atom. The lowest BCUT2D eigenvalue weighted by atomic mass is 9.36. The van der Waals surface area contributed by atoms with E-state index < -0.39 is 0 Å². The minimum atomic E-state index is -0.0147. The lowest BCUT2D eigenvalue weighted by Crippen LogP contribution is -2.58. The van der Waals surface area contributed by atoms with Crippen LogP contribution in [0.4, 0.5) is 17.1 Å². The maximum Gasteiger partial charge on any atom is 0.247 e. The van der Waals surface area contributed by atoms with Gasteiger partial charge in [0, 0.05) is 36.6 Å². The molecule has 0 spiro atoms. The summed E-state index contributed by atoms with van der Waals surface area (Å²) in [4.78, 5) is 7.63. The van der Waals surface area contributed by atoms with Gasteiger partial charge < -0.3 is 4.90 Å². The molecule has 0 saturated heterocycles. The molecule has 0 bridgehead atoms. The van der Waals surface area contributed by atoms with Gasteiger partial charge in [0.25, 0.3) is 0 Å². The minimum Gasteiger partial charge on any atom is -0.310 e. The Bertz CT molecular complexity index is 5200. The molecule has 17 aromatic carbocycles. The molecule has 0 aromatic heterocycles. The normalized spacial score (nSPS) is 12.8. The van der Waals surface area contributed by atoms with Gasteiger partial charge in [-0.1, -0.05) is 277 Å². The number of hydrogen-bond donors (Lipinski definition) is 0. The van der Waals surface area contributed by atoms with Gasteiger partial charge in [0.05, 0.1) is 0 Å². The molecule has 0 atom stereocenters. The lowest BCUT2D eigenvalue weighted by Gasteiger charge is -2.35. The van der Waals surface area contributed by atoms with Crippen molar-refractivity contribution >= 4 is 150 Å². The van der Waals surface area contributed by atoms with Gasteiger partial charge in [-0.25, -0.2) is 0 Å². The molecule has 0 fully saturated rings. The molecule has 19 rings (SSSR count). The van der Waals surface area contributed by atoms with E-state index in [0.717, 1.165) is 17.1 Å². The number of hydrogen-bond acceptors (Lipinski definition) is 3. The molecule has 4 heteroatoms.